The maximum atomic E-state index is 4.51. The topological polar surface area (TPSA) is 25.8 Å². The van der Waals surface area contributed by atoms with Crippen LogP contribution in [0, 0.1) is 0 Å². The maximum absolute atomic E-state index is 4.51. The molecule has 0 saturated heterocycles. The van der Waals surface area contributed by atoms with Gasteiger partial charge in [-0.3, -0.25) is 9.97 Å². The molecule has 0 N–H and O–H groups in total. The van der Waals surface area contributed by atoms with Crippen molar-refractivity contribution in [3.05, 3.63) is 47.8 Å². The second kappa shape index (κ2) is 4.89. The predicted octanol–water partition coefficient (Wildman–Crippen LogP) is 4.00. The van der Waals surface area contributed by atoms with E-state index in [4.69, 9.17) is 0 Å². The fourth-order valence-electron chi connectivity index (χ4n) is 1.77. The number of aryl methyl sites for hydroxylation is 1. The quantitative estimate of drug-likeness (QED) is 0.792. The molecule has 0 radical (unpaired) electrons. The normalized spacial score (nSPS) is 11.6. The highest BCUT2D eigenvalue weighted by atomic mass is 14.8. The largest absolute Gasteiger partial charge is 0.254 e. The average Bonchev–Trinajstić information content (AvgIpc) is 2.38. The van der Waals surface area contributed by atoms with Crippen molar-refractivity contribution in [1.29, 1.82) is 0 Å². The van der Waals surface area contributed by atoms with E-state index >= 15 is 0 Å². The van der Waals surface area contributed by atoms with Crippen LogP contribution in [0.15, 0.2) is 36.7 Å². The Balaban J connectivity index is 2.28. The molecule has 94 valence electrons. The van der Waals surface area contributed by atoms with Gasteiger partial charge >= 0.3 is 0 Å². The van der Waals surface area contributed by atoms with Gasteiger partial charge in [-0.15, -0.1) is 0 Å². The zero-order chi connectivity index (χ0) is 13.2. The molecule has 0 fully saturated rings. The van der Waals surface area contributed by atoms with E-state index in [-0.39, 0.29) is 5.41 Å². The molecular weight excluding hydrogens is 220 g/mol. The van der Waals surface area contributed by atoms with Crippen LogP contribution in [0.25, 0.3) is 11.4 Å². The van der Waals surface area contributed by atoms with Crippen LogP contribution in [0.1, 0.15) is 38.8 Å². The Labute approximate surface area is 109 Å². The zero-order valence-electron chi connectivity index (χ0n) is 11.6. The summed E-state index contributed by atoms with van der Waals surface area (Å²) in [5.74, 6) is 0. The lowest BCUT2D eigenvalue weighted by molar-refractivity contribution is 0.587. The van der Waals surface area contributed by atoms with Crippen molar-refractivity contribution in [3.63, 3.8) is 0 Å². The maximum Gasteiger partial charge on any atom is 0.0886 e. The molecule has 0 unspecified atom stereocenters. The van der Waals surface area contributed by atoms with Gasteiger partial charge < -0.3 is 0 Å². The summed E-state index contributed by atoms with van der Waals surface area (Å²) < 4.78 is 0. The van der Waals surface area contributed by atoms with Crippen molar-refractivity contribution in [2.24, 2.45) is 0 Å². The molecule has 0 bridgehead atoms. The second-order valence-electron chi connectivity index (χ2n) is 5.59. The fourth-order valence-corrected chi connectivity index (χ4v) is 1.77. The first-order chi connectivity index (χ1) is 8.50. The minimum atomic E-state index is 0.144. The first-order valence-corrected chi connectivity index (χ1v) is 6.42. The molecule has 0 spiro atoms. The van der Waals surface area contributed by atoms with Crippen molar-refractivity contribution in [1.82, 2.24) is 9.97 Å². The summed E-state index contributed by atoms with van der Waals surface area (Å²) in [6.07, 6.45) is 4.89. The smallest absolute Gasteiger partial charge is 0.0886 e. The van der Waals surface area contributed by atoms with E-state index in [9.17, 15) is 0 Å². The molecule has 2 heteroatoms. The molecule has 18 heavy (non-hydrogen) atoms. The highest BCUT2D eigenvalue weighted by molar-refractivity contribution is 5.54. The van der Waals surface area contributed by atoms with Crippen molar-refractivity contribution >= 4 is 0 Å². The molecule has 2 aromatic rings. The highest BCUT2D eigenvalue weighted by Gasteiger charge is 2.13. The third-order valence-electron chi connectivity index (χ3n) is 3.12. The average molecular weight is 240 g/mol. The molecule has 0 amide bonds. The number of hydrogen-bond donors (Lipinski definition) is 0. The van der Waals surface area contributed by atoms with Crippen molar-refractivity contribution in [3.8, 4) is 11.4 Å². The molecule has 0 atom stereocenters. The SMILES string of the molecule is CCc1ccc(-c2ccc(C(C)(C)C)cn2)nc1. The van der Waals surface area contributed by atoms with Gasteiger partial charge in [0.1, 0.15) is 0 Å². The van der Waals surface area contributed by atoms with Crippen LogP contribution in [-0.2, 0) is 11.8 Å². The molecular formula is C16H20N2. The van der Waals surface area contributed by atoms with E-state index < -0.39 is 0 Å². The Bertz CT molecular complexity index is 504. The fraction of sp³-hybridized carbons (Fsp3) is 0.375. The Morgan fingerprint density at radius 1 is 0.889 bits per heavy atom. The Kier molecular flexibility index (Phi) is 3.46. The first-order valence-electron chi connectivity index (χ1n) is 6.42. The predicted molar refractivity (Wildman–Crippen MR) is 75.5 cm³/mol. The van der Waals surface area contributed by atoms with Gasteiger partial charge in [0.15, 0.2) is 0 Å². The molecule has 0 aliphatic carbocycles. The lowest BCUT2D eigenvalue weighted by Gasteiger charge is -2.18. The standard InChI is InChI=1S/C16H20N2/c1-5-12-6-8-14(17-10-12)15-9-7-13(11-18-15)16(2,3)4/h6-11H,5H2,1-4H3. The summed E-state index contributed by atoms with van der Waals surface area (Å²) >= 11 is 0. The molecule has 0 aromatic carbocycles. The molecule has 0 aliphatic rings. The van der Waals surface area contributed by atoms with Crippen LogP contribution >= 0.6 is 0 Å². The minimum Gasteiger partial charge on any atom is -0.254 e. The third kappa shape index (κ3) is 2.76. The van der Waals surface area contributed by atoms with Crippen molar-refractivity contribution in [2.75, 3.05) is 0 Å². The van der Waals surface area contributed by atoms with E-state index in [1.54, 1.807) is 0 Å². The highest BCUT2D eigenvalue weighted by Crippen LogP contribution is 2.23. The van der Waals surface area contributed by atoms with E-state index in [1.807, 2.05) is 18.5 Å². The molecule has 0 aliphatic heterocycles. The summed E-state index contributed by atoms with van der Waals surface area (Å²) in [5.41, 5.74) is 4.52. The number of rotatable bonds is 2. The van der Waals surface area contributed by atoms with Gasteiger partial charge in [0.25, 0.3) is 0 Å². The lowest BCUT2D eigenvalue weighted by atomic mass is 9.88. The van der Waals surface area contributed by atoms with Gasteiger partial charge in [-0.2, -0.15) is 0 Å². The number of aromatic nitrogens is 2. The number of pyridine rings is 2. The Hall–Kier alpha value is -1.70. The summed E-state index contributed by atoms with van der Waals surface area (Å²) in [6, 6.07) is 8.34. The molecule has 2 nitrogen and oxygen atoms in total. The van der Waals surface area contributed by atoms with Gasteiger partial charge in [-0.05, 0) is 35.1 Å². The molecule has 0 saturated carbocycles. The van der Waals surface area contributed by atoms with Gasteiger partial charge in [0.2, 0.25) is 0 Å². The van der Waals surface area contributed by atoms with Crippen LogP contribution in [0.4, 0.5) is 0 Å². The second-order valence-corrected chi connectivity index (χ2v) is 5.59. The van der Waals surface area contributed by atoms with Crippen molar-refractivity contribution in [2.45, 2.75) is 39.5 Å². The molecule has 2 rings (SSSR count). The van der Waals surface area contributed by atoms with Crippen LogP contribution in [0.2, 0.25) is 0 Å². The first kappa shape index (κ1) is 12.7. The van der Waals surface area contributed by atoms with Gasteiger partial charge in [0.05, 0.1) is 11.4 Å². The van der Waals surface area contributed by atoms with Gasteiger partial charge in [-0.1, -0.05) is 39.8 Å². The molecule has 2 heterocycles. The number of nitrogens with zero attached hydrogens (tertiary/aromatic N) is 2. The summed E-state index contributed by atoms with van der Waals surface area (Å²) in [4.78, 5) is 8.96. The minimum absolute atomic E-state index is 0.144. The third-order valence-corrected chi connectivity index (χ3v) is 3.12. The van der Waals surface area contributed by atoms with E-state index in [0.29, 0.717) is 0 Å². The van der Waals surface area contributed by atoms with E-state index in [1.165, 1.54) is 11.1 Å². The van der Waals surface area contributed by atoms with Crippen LogP contribution in [0.5, 0.6) is 0 Å². The summed E-state index contributed by atoms with van der Waals surface area (Å²) in [7, 11) is 0. The molecule has 2 aromatic heterocycles. The summed E-state index contributed by atoms with van der Waals surface area (Å²) in [5, 5.41) is 0. The number of hydrogen-bond acceptors (Lipinski definition) is 2. The van der Waals surface area contributed by atoms with Crippen LogP contribution in [-0.4, -0.2) is 9.97 Å². The Morgan fingerprint density at radius 2 is 1.50 bits per heavy atom. The zero-order valence-corrected chi connectivity index (χ0v) is 11.6. The summed E-state index contributed by atoms with van der Waals surface area (Å²) in [6.45, 7) is 8.71. The monoisotopic (exact) mass is 240 g/mol. The van der Waals surface area contributed by atoms with Crippen LogP contribution < -0.4 is 0 Å². The lowest BCUT2D eigenvalue weighted by Crippen LogP contribution is -2.11. The van der Waals surface area contributed by atoms with E-state index in [2.05, 4.69) is 55.9 Å². The van der Waals surface area contributed by atoms with Gasteiger partial charge in [0, 0.05) is 12.4 Å². The van der Waals surface area contributed by atoms with E-state index in [0.717, 1.165) is 17.8 Å². The van der Waals surface area contributed by atoms with Crippen LogP contribution in [0.3, 0.4) is 0 Å². The van der Waals surface area contributed by atoms with Crippen molar-refractivity contribution < 1.29 is 0 Å². The van der Waals surface area contributed by atoms with Gasteiger partial charge in [-0.25, -0.2) is 0 Å². The Morgan fingerprint density at radius 3 is 1.89 bits per heavy atom.